The molecule has 0 spiro atoms. The molecule has 1 atom stereocenters. The summed E-state index contributed by atoms with van der Waals surface area (Å²) in [5.41, 5.74) is 3.55. The maximum absolute atomic E-state index is 12.7. The largest absolute Gasteiger partial charge is 0.376 e. The number of carbonyl (C=O) groups excluding carboxylic acids is 1. The van der Waals surface area contributed by atoms with Crippen molar-refractivity contribution in [2.75, 3.05) is 44.4 Å². The van der Waals surface area contributed by atoms with Crippen molar-refractivity contribution < 1.29 is 14.3 Å². The van der Waals surface area contributed by atoms with Crippen LogP contribution >= 0.6 is 0 Å². The number of rotatable bonds is 5. The number of amides is 1. The zero-order valence-corrected chi connectivity index (χ0v) is 17.9. The number of ether oxygens (including phenoxy) is 2. The van der Waals surface area contributed by atoms with Gasteiger partial charge in [-0.25, -0.2) is 9.97 Å². The van der Waals surface area contributed by atoms with Crippen LogP contribution in [0.2, 0.25) is 0 Å². The van der Waals surface area contributed by atoms with E-state index in [2.05, 4.69) is 22.3 Å². The molecule has 3 heterocycles. The summed E-state index contributed by atoms with van der Waals surface area (Å²) >= 11 is 0. The van der Waals surface area contributed by atoms with E-state index in [1.54, 1.807) is 0 Å². The molecule has 31 heavy (non-hydrogen) atoms. The maximum atomic E-state index is 12.7. The Morgan fingerprint density at radius 1 is 1.10 bits per heavy atom. The van der Waals surface area contributed by atoms with Crippen molar-refractivity contribution >= 4 is 11.7 Å². The van der Waals surface area contributed by atoms with E-state index in [1.807, 2.05) is 18.2 Å². The minimum absolute atomic E-state index is 0.0298. The lowest BCUT2D eigenvalue weighted by atomic mass is 9.95. The zero-order valence-electron chi connectivity index (χ0n) is 17.9. The molecule has 0 unspecified atom stereocenters. The third kappa shape index (κ3) is 4.57. The molecule has 2 aliphatic heterocycles. The number of nitrogens with zero attached hydrogens (tertiary/aromatic N) is 3. The Morgan fingerprint density at radius 2 is 1.94 bits per heavy atom. The standard InChI is InChI=1S/C24H30N4O3/c29-24(25-15-19-16-30-13-14-31-19)18-9-11-28(12-10-18)23-20-7-4-8-21(20)26-22(27-23)17-5-2-1-3-6-17/h1-3,5-6,18-19H,4,7-16H2,(H,25,29)/t19-/m1/s1. The number of benzene rings is 1. The summed E-state index contributed by atoms with van der Waals surface area (Å²) in [7, 11) is 0. The molecule has 1 aliphatic carbocycles. The van der Waals surface area contributed by atoms with Gasteiger partial charge in [-0.3, -0.25) is 4.79 Å². The van der Waals surface area contributed by atoms with Crippen molar-refractivity contribution in [3.05, 3.63) is 41.6 Å². The van der Waals surface area contributed by atoms with E-state index in [-0.39, 0.29) is 17.9 Å². The summed E-state index contributed by atoms with van der Waals surface area (Å²) < 4.78 is 11.0. The van der Waals surface area contributed by atoms with E-state index in [1.165, 1.54) is 11.3 Å². The maximum Gasteiger partial charge on any atom is 0.223 e. The van der Waals surface area contributed by atoms with E-state index in [4.69, 9.17) is 19.4 Å². The van der Waals surface area contributed by atoms with Gasteiger partial charge < -0.3 is 19.7 Å². The van der Waals surface area contributed by atoms with Gasteiger partial charge in [0.2, 0.25) is 5.91 Å². The second kappa shape index (κ2) is 9.32. The van der Waals surface area contributed by atoms with Crippen LogP contribution in [0.25, 0.3) is 11.4 Å². The van der Waals surface area contributed by atoms with Gasteiger partial charge in [-0.1, -0.05) is 30.3 Å². The quantitative estimate of drug-likeness (QED) is 0.797. The minimum Gasteiger partial charge on any atom is -0.376 e. The molecule has 1 N–H and O–H groups in total. The van der Waals surface area contributed by atoms with Crippen LogP contribution in [0.3, 0.4) is 0 Å². The minimum atomic E-state index is -0.0298. The highest BCUT2D eigenvalue weighted by molar-refractivity contribution is 5.79. The Labute approximate surface area is 183 Å². The number of hydrogen-bond donors (Lipinski definition) is 1. The molecule has 2 fully saturated rings. The lowest BCUT2D eigenvalue weighted by Crippen LogP contribution is -2.45. The van der Waals surface area contributed by atoms with Gasteiger partial charge in [0.05, 0.1) is 25.9 Å². The number of aryl methyl sites for hydroxylation is 1. The van der Waals surface area contributed by atoms with E-state index < -0.39 is 0 Å². The molecule has 2 saturated heterocycles. The Hall–Kier alpha value is -2.51. The fourth-order valence-corrected chi connectivity index (χ4v) is 4.76. The van der Waals surface area contributed by atoms with Crippen molar-refractivity contribution in [2.45, 2.75) is 38.2 Å². The van der Waals surface area contributed by atoms with Crippen molar-refractivity contribution in [2.24, 2.45) is 5.92 Å². The van der Waals surface area contributed by atoms with Crippen molar-refractivity contribution in [1.29, 1.82) is 0 Å². The number of hydrogen-bond acceptors (Lipinski definition) is 6. The lowest BCUT2D eigenvalue weighted by molar-refractivity contribution is -0.128. The van der Waals surface area contributed by atoms with Crippen LogP contribution in [0.15, 0.2) is 30.3 Å². The number of anilines is 1. The van der Waals surface area contributed by atoms with Crippen LogP contribution in [0.1, 0.15) is 30.5 Å². The molecule has 7 heteroatoms. The summed E-state index contributed by atoms with van der Waals surface area (Å²) in [6.45, 7) is 4.02. The van der Waals surface area contributed by atoms with Gasteiger partial charge >= 0.3 is 0 Å². The molecule has 2 aromatic rings. The Morgan fingerprint density at radius 3 is 2.71 bits per heavy atom. The predicted molar refractivity (Wildman–Crippen MR) is 118 cm³/mol. The average molecular weight is 423 g/mol. The first-order chi connectivity index (χ1) is 15.3. The fourth-order valence-electron chi connectivity index (χ4n) is 4.76. The van der Waals surface area contributed by atoms with Crippen molar-refractivity contribution in [3.8, 4) is 11.4 Å². The van der Waals surface area contributed by atoms with Gasteiger partial charge in [0, 0.05) is 42.4 Å². The highest BCUT2D eigenvalue weighted by Crippen LogP contribution is 2.33. The summed E-state index contributed by atoms with van der Waals surface area (Å²) in [5.74, 6) is 2.06. The van der Waals surface area contributed by atoms with Crippen LogP contribution in [0.4, 0.5) is 5.82 Å². The molecular weight excluding hydrogens is 392 g/mol. The molecule has 5 rings (SSSR count). The molecular formula is C24H30N4O3. The smallest absolute Gasteiger partial charge is 0.223 e. The average Bonchev–Trinajstić information content (AvgIpc) is 3.32. The third-order valence-corrected chi connectivity index (χ3v) is 6.50. The Bertz CT molecular complexity index is 907. The van der Waals surface area contributed by atoms with Crippen LogP contribution in [-0.2, 0) is 27.1 Å². The highest BCUT2D eigenvalue weighted by atomic mass is 16.6. The first kappa shape index (κ1) is 20.4. The molecule has 7 nitrogen and oxygen atoms in total. The summed E-state index contributed by atoms with van der Waals surface area (Å²) in [5, 5.41) is 3.06. The zero-order chi connectivity index (χ0) is 21.0. The highest BCUT2D eigenvalue weighted by Gasteiger charge is 2.29. The molecule has 164 valence electrons. The van der Waals surface area contributed by atoms with Crippen LogP contribution in [-0.4, -0.2) is 61.4 Å². The summed E-state index contributed by atoms with van der Waals surface area (Å²) in [6.07, 6.45) is 4.86. The summed E-state index contributed by atoms with van der Waals surface area (Å²) in [4.78, 5) is 24.9. The molecule has 1 aromatic heterocycles. The van der Waals surface area contributed by atoms with Gasteiger partial charge in [0.15, 0.2) is 5.82 Å². The van der Waals surface area contributed by atoms with Gasteiger partial charge in [-0.15, -0.1) is 0 Å². The normalized spacial score (nSPS) is 21.7. The monoisotopic (exact) mass is 422 g/mol. The third-order valence-electron chi connectivity index (χ3n) is 6.50. The molecule has 0 radical (unpaired) electrons. The number of carbonyl (C=O) groups is 1. The topological polar surface area (TPSA) is 76.6 Å². The van der Waals surface area contributed by atoms with Gasteiger partial charge in [-0.2, -0.15) is 0 Å². The van der Waals surface area contributed by atoms with E-state index in [0.717, 1.165) is 62.4 Å². The number of nitrogens with one attached hydrogen (secondary N) is 1. The number of aromatic nitrogens is 2. The van der Waals surface area contributed by atoms with Gasteiger partial charge in [0.25, 0.3) is 0 Å². The second-order valence-corrected chi connectivity index (χ2v) is 8.59. The number of fused-ring (bicyclic) bond motifs is 1. The lowest BCUT2D eigenvalue weighted by Gasteiger charge is -2.33. The first-order valence-electron chi connectivity index (χ1n) is 11.4. The van der Waals surface area contributed by atoms with Crippen LogP contribution in [0.5, 0.6) is 0 Å². The second-order valence-electron chi connectivity index (χ2n) is 8.59. The van der Waals surface area contributed by atoms with E-state index in [0.29, 0.717) is 26.4 Å². The first-order valence-corrected chi connectivity index (χ1v) is 11.4. The Balaban J connectivity index is 1.24. The molecule has 1 amide bonds. The predicted octanol–water partition coefficient (Wildman–Crippen LogP) is 2.38. The molecule has 1 aromatic carbocycles. The molecule has 0 saturated carbocycles. The number of piperidine rings is 1. The van der Waals surface area contributed by atoms with E-state index in [9.17, 15) is 4.79 Å². The SMILES string of the molecule is O=C(NC[C@@H]1COCCO1)C1CCN(c2nc(-c3ccccc3)nc3c2CCC3)CC1. The van der Waals surface area contributed by atoms with Crippen molar-refractivity contribution in [1.82, 2.24) is 15.3 Å². The Kier molecular flexibility index (Phi) is 6.13. The van der Waals surface area contributed by atoms with Crippen LogP contribution < -0.4 is 10.2 Å². The van der Waals surface area contributed by atoms with Crippen molar-refractivity contribution in [3.63, 3.8) is 0 Å². The molecule has 3 aliphatic rings. The summed E-state index contributed by atoms with van der Waals surface area (Å²) in [6, 6.07) is 10.2. The van der Waals surface area contributed by atoms with Crippen LogP contribution in [0, 0.1) is 5.92 Å². The van der Waals surface area contributed by atoms with E-state index >= 15 is 0 Å². The van der Waals surface area contributed by atoms with Gasteiger partial charge in [0.1, 0.15) is 5.82 Å². The van der Waals surface area contributed by atoms with Gasteiger partial charge in [-0.05, 0) is 32.1 Å². The fraction of sp³-hybridized carbons (Fsp3) is 0.542. The molecule has 0 bridgehead atoms.